The number of thiocarbonyl (C=S) groups is 1. The summed E-state index contributed by atoms with van der Waals surface area (Å²) >= 11 is 6.75. The van der Waals surface area contributed by atoms with Crippen molar-refractivity contribution in [1.82, 2.24) is 14.3 Å². The topological polar surface area (TPSA) is 66.7 Å². The van der Waals surface area contributed by atoms with Gasteiger partial charge in [-0.1, -0.05) is 79.6 Å². The lowest BCUT2D eigenvalue weighted by atomic mass is 9.95. The number of amides is 1. The van der Waals surface area contributed by atoms with Crippen LogP contribution in [0.15, 0.2) is 58.4 Å². The van der Waals surface area contributed by atoms with Crippen LogP contribution in [0, 0.1) is 6.92 Å². The Kier molecular flexibility index (Phi) is 6.52. The molecule has 174 valence electrons. The van der Waals surface area contributed by atoms with E-state index in [1.165, 1.54) is 18.2 Å². The molecule has 0 unspecified atom stereocenters. The first-order valence-electron chi connectivity index (χ1n) is 11.6. The van der Waals surface area contributed by atoms with E-state index in [0.29, 0.717) is 32.8 Å². The molecule has 1 aromatic carbocycles. The highest BCUT2D eigenvalue weighted by molar-refractivity contribution is 8.26. The smallest absolute Gasteiger partial charge is 0.267 e. The summed E-state index contributed by atoms with van der Waals surface area (Å²) < 4.78 is 2.05. The van der Waals surface area contributed by atoms with Crippen LogP contribution in [-0.2, 0) is 11.3 Å². The number of nitrogens with zero attached hydrogens (tertiary/aromatic N) is 3. The lowest BCUT2D eigenvalue weighted by molar-refractivity contribution is -0.122. The van der Waals surface area contributed by atoms with Gasteiger partial charge in [-0.05, 0) is 43.0 Å². The van der Waals surface area contributed by atoms with Crippen LogP contribution < -0.4 is 10.9 Å². The number of pyridine rings is 1. The van der Waals surface area contributed by atoms with Crippen molar-refractivity contribution in [3.63, 3.8) is 0 Å². The van der Waals surface area contributed by atoms with E-state index >= 15 is 0 Å². The summed E-state index contributed by atoms with van der Waals surface area (Å²) in [6.07, 6.45) is 9.11. The van der Waals surface area contributed by atoms with Gasteiger partial charge in [0.2, 0.25) is 0 Å². The zero-order chi connectivity index (χ0) is 23.7. The minimum absolute atomic E-state index is 0.184. The third kappa shape index (κ3) is 4.65. The van der Waals surface area contributed by atoms with Crippen molar-refractivity contribution in [2.24, 2.45) is 0 Å². The average molecular weight is 491 g/mol. The summed E-state index contributed by atoms with van der Waals surface area (Å²) in [7, 11) is 0. The molecule has 2 aromatic heterocycles. The average Bonchev–Trinajstić information content (AvgIpc) is 3.11. The number of carbonyl (C=O) groups excluding carboxylic acids is 1. The second-order valence-corrected chi connectivity index (χ2v) is 10.5. The van der Waals surface area contributed by atoms with Gasteiger partial charge in [0.15, 0.2) is 0 Å². The summed E-state index contributed by atoms with van der Waals surface area (Å²) in [5.74, 6) is 0.352. The molecule has 1 N–H and O–H groups in total. The van der Waals surface area contributed by atoms with Crippen LogP contribution in [0.3, 0.4) is 0 Å². The molecule has 1 amide bonds. The van der Waals surface area contributed by atoms with E-state index in [-0.39, 0.29) is 17.5 Å². The number of fused-ring (bicyclic) bond motifs is 1. The Balaban J connectivity index is 1.54. The van der Waals surface area contributed by atoms with Crippen molar-refractivity contribution in [1.29, 1.82) is 0 Å². The second-order valence-electron chi connectivity index (χ2n) is 8.85. The van der Waals surface area contributed by atoms with E-state index in [4.69, 9.17) is 17.2 Å². The largest absolute Gasteiger partial charge is 0.367 e. The van der Waals surface area contributed by atoms with E-state index in [1.807, 2.05) is 49.4 Å². The molecule has 0 bridgehead atoms. The number of carbonyl (C=O) groups is 1. The van der Waals surface area contributed by atoms with Gasteiger partial charge in [0, 0.05) is 12.2 Å². The number of hydrogen-bond donors (Lipinski definition) is 1. The number of rotatable bonds is 5. The third-order valence-corrected chi connectivity index (χ3v) is 7.66. The molecule has 1 aliphatic heterocycles. The Morgan fingerprint density at radius 3 is 2.65 bits per heavy atom. The third-order valence-electron chi connectivity index (χ3n) is 6.28. The quantitative estimate of drug-likeness (QED) is 0.394. The van der Waals surface area contributed by atoms with E-state index in [2.05, 4.69) is 5.32 Å². The highest BCUT2D eigenvalue weighted by Gasteiger charge is 2.33. The molecule has 0 spiro atoms. The van der Waals surface area contributed by atoms with Gasteiger partial charge in [-0.15, -0.1) is 0 Å². The van der Waals surface area contributed by atoms with Crippen molar-refractivity contribution < 1.29 is 4.79 Å². The molecule has 1 saturated carbocycles. The molecule has 2 fully saturated rings. The van der Waals surface area contributed by atoms with E-state index in [1.54, 1.807) is 21.6 Å². The van der Waals surface area contributed by atoms with Crippen molar-refractivity contribution in [3.8, 4) is 0 Å². The number of hydrogen-bond acceptors (Lipinski definition) is 6. The highest BCUT2D eigenvalue weighted by Crippen LogP contribution is 2.34. The molecular formula is C26H26N4O2S2. The predicted molar refractivity (Wildman–Crippen MR) is 142 cm³/mol. The number of aryl methyl sites for hydroxylation is 1. The van der Waals surface area contributed by atoms with Gasteiger partial charge in [0.25, 0.3) is 11.5 Å². The SMILES string of the molecule is Cc1ccc2nc(NC3CCCCC3)c(/C=C3/SC(=S)N(Cc4ccccc4)C3=O)c(=O)n2c1. The Hall–Kier alpha value is -2.97. The summed E-state index contributed by atoms with van der Waals surface area (Å²) in [6, 6.07) is 13.8. The van der Waals surface area contributed by atoms with Crippen molar-refractivity contribution >= 4 is 51.7 Å². The fraction of sp³-hybridized carbons (Fsp3) is 0.308. The first-order chi connectivity index (χ1) is 16.5. The van der Waals surface area contributed by atoms with Gasteiger partial charge in [0.1, 0.15) is 15.8 Å². The van der Waals surface area contributed by atoms with Crippen molar-refractivity contribution in [2.75, 3.05) is 5.32 Å². The maximum absolute atomic E-state index is 13.6. The minimum Gasteiger partial charge on any atom is -0.367 e. The van der Waals surface area contributed by atoms with E-state index in [9.17, 15) is 9.59 Å². The monoisotopic (exact) mass is 490 g/mol. The summed E-state index contributed by atoms with van der Waals surface area (Å²) in [4.78, 5) is 33.6. The number of benzene rings is 1. The maximum Gasteiger partial charge on any atom is 0.267 e. The fourth-order valence-corrected chi connectivity index (χ4v) is 5.71. The predicted octanol–water partition coefficient (Wildman–Crippen LogP) is 5.15. The molecule has 0 radical (unpaired) electrons. The lowest BCUT2D eigenvalue weighted by Gasteiger charge is -2.24. The molecular weight excluding hydrogens is 464 g/mol. The van der Waals surface area contributed by atoms with Crippen LogP contribution in [0.25, 0.3) is 11.7 Å². The van der Waals surface area contributed by atoms with Crippen molar-refractivity contribution in [2.45, 2.75) is 51.6 Å². The molecule has 3 aromatic rings. The molecule has 5 rings (SSSR count). The number of aromatic nitrogens is 2. The fourth-order valence-electron chi connectivity index (χ4n) is 4.47. The highest BCUT2D eigenvalue weighted by atomic mass is 32.2. The van der Waals surface area contributed by atoms with Crippen molar-refractivity contribution in [3.05, 3.63) is 80.6 Å². The summed E-state index contributed by atoms with van der Waals surface area (Å²) in [5, 5.41) is 3.51. The summed E-state index contributed by atoms with van der Waals surface area (Å²) in [6.45, 7) is 2.35. The normalized spacial score (nSPS) is 18.3. The van der Waals surface area contributed by atoms with Gasteiger partial charge >= 0.3 is 0 Å². The van der Waals surface area contributed by atoms with Gasteiger partial charge in [-0.25, -0.2) is 4.98 Å². The van der Waals surface area contributed by atoms with Crippen LogP contribution in [0.1, 0.15) is 48.8 Å². The molecule has 2 aliphatic rings. The number of thioether (sulfide) groups is 1. The first-order valence-corrected chi connectivity index (χ1v) is 12.8. The zero-order valence-electron chi connectivity index (χ0n) is 19.0. The Bertz CT molecular complexity index is 1340. The van der Waals surface area contributed by atoms with E-state index in [0.717, 1.165) is 36.8 Å². The van der Waals surface area contributed by atoms with Gasteiger partial charge in [-0.3, -0.25) is 18.9 Å². The maximum atomic E-state index is 13.6. The molecule has 6 nitrogen and oxygen atoms in total. The van der Waals surface area contributed by atoms with Crippen LogP contribution in [0.4, 0.5) is 5.82 Å². The second kappa shape index (κ2) is 9.72. The Morgan fingerprint density at radius 1 is 1.12 bits per heavy atom. The minimum atomic E-state index is -0.194. The first kappa shape index (κ1) is 22.8. The molecule has 0 atom stereocenters. The van der Waals surface area contributed by atoms with Crippen LogP contribution in [-0.4, -0.2) is 30.6 Å². The molecule has 34 heavy (non-hydrogen) atoms. The number of nitrogens with one attached hydrogen (secondary N) is 1. The Labute approximate surface area is 208 Å². The van der Waals surface area contributed by atoms with Gasteiger partial charge < -0.3 is 5.32 Å². The van der Waals surface area contributed by atoms with Gasteiger partial charge in [-0.2, -0.15) is 0 Å². The Morgan fingerprint density at radius 2 is 1.88 bits per heavy atom. The van der Waals surface area contributed by atoms with Crippen LogP contribution in [0.5, 0.6) is 0 Å². The van der Waals surface area contributed by atoms with Crippen LogP contribution in [0.2, 0.25) is 0 Å². The van der Waals surface area contributed by atoms with Crippen LogP contribution >= 0.6 is 24.0 Å². The van der Waals surface area contributed by atoms with E-state index < -0.39 is 0 Å². The van der Waals surface area contributed by atoms with Gasteiger partial charge in [0.05, 0.1) is 17.0 Å². The molecule has 1 saturated heterocycles. The molecule has 3 heterocycles. The number of anilines is 1. The lowest BCUT2D eigenvalue weighted by Crippen LogP contribution is -2.28. The zero-order valence-corrected chi connectivity index (χ0v) is 20.6. The molecule has 8 heteroatoms. The standard InChI is InChI=1S/C26H26N4O2S2/c1-17-12-13-22-28-23(27-19-10-6-3-7-11-19)20(24(31)29(22)15-17)14-21-25(32)30(26(33)34-21)16-18-8-4-2-5-9-18/h2,4-5,8-9,12-15,19,27H,3,6-7,10-11,16H2,1H3/b21-14+. The molecule has 1 aliphatic carbocycles. The summed E-state index contributed by atoms with van der Waals surface area (Å²) in [5.41, 5.74) is 2.75.